The van der Waals surface area contributed by atoms with Gasteiger partial charge in [-0.1, -0.05) is 30.4 Å². The van der Waals surface area contributed by atoms with Crippen molar-refractivity contribution < 1.29 is 9.90 Å². The summed E-state index contributed by atoms with van der Waals surface area (Å²) in [7, 11) is 0. The van der Waals surface area contributed by atoms with Crippen LogP contribution in [0.5, 0.6) is 0 Å². The molecule has 6 heteroatoms. The molecule has 2 heterocycles. The lowest BCUT2D eigenvalue weighted by atomic mass is 9.97. The Morgan fingerprint density at radius 3 is 2.76 bits per heavy atom. The first kappa shape index (κ1) is 19.2. The van der Waals surface area contributed by atoms with Crippen molar-refractivity contribution in [1.82, 2.24) is 14.9 Å². The molecule has 0 saturated heterocycles. The Hall–Kier alpha value is -3.12. The van der Waals surface area contributed by atoms with Crippen LogP contribution in [0.1, 0.15) is 34.3 Å². The third-order valence-electron chi connectivity index (χ3n) is 5.76. The molecule has 29 heavy (non-hydrogen) atoms. The van der Waals surface area contributed by atoms with Crippen molar-refractivity contribution in [2.75, 3.05) is 6.61 Å². The highest BCUT2D eigenvalue weighted by atomic mass is 16.3. The summed E-state index contributed by atoms with van der Waals surface area (Å²) in [6.45, 7) is 2.08. The number of H-pyrrole nitrogens is 1. The number of aliphatic hydroxyl groups is 1. The van der Waals surface area contributed by atoms with E-state index in [2.05, 4.69) is 16.4 Å². The normalized spacial score (nSPS) is 15.1. The van der Waals surface area contributed by atoms with Gasteiger partial charge in [0.15, 0.2) is 0 Å². The van der Waals surface area contributed by atoms with Gasteiger partial charge in [-0.05, 0) is 49.4 Å². The number of aliphatic hydroxyl groups excluding tert-OH is 1. The fraction of sp³-hybridized carbons (Fsp3) is 0.304. The van der Waals surface area contributed by atoms with E-state index in [1.165, 1.54) is 0 Å². The molecule has 0 saturated carbocycles. The van der Waals surface area contributed by atoms with E-state index in [0.717, 1.165) is 16.5 Å². The van der Waals surface area contributed by atoms with E-state index < -0.39 is 11.4 Å². The van der Waals surface area contributed by atoms with Crippen molar-refractivity contribution in [1.29, 1.82) is 0 Å². The molecule has 0 atom stereocenters. The Bertz CT molecular complexity index is 1130. The first-order chi connectivity index (χ1) is 14.0. The van der Waals surface area contributed by atoms with Gasteiger partial charge in [-0.25, -0.2) is 0 Å². The maximum Gasteiger partial charge on any atom is 0.263 e. The second-order valence-electron chi connectivity index (χ2n) is 7.75. The third-order valence-corrected chi connectivity index (χ3v) is 5.76. The number of nitrogens with zero attached hydrogens (tertiary/aromatic N) is 1. The number of para-hydroxylation sites is 1. The summed E-state index contributed by atoms with van der Waals surface area (Å²) in [6, 6.07) is 9.85. The van der Waals surface area contributed by atoms with Gasteiger partial charge >= 0.3 is 0 Å². The Balaban J connectivity index is 1.56. The minimum atomic E-state index is -0.708. The van der Waals surface area contributed by atoms with E-state index in [1.807, 2.05) is 36.5 Å². The predicted octanol–water partition coefficient (Wildman–Crippen LogP) is 2.69. The van der Waals surface area contributed by atoms with Gasteiger partial charge in [0.25, 0.3) is 11.5 Å². The molecular formula is C23H25N3O3. The molecule has 0 bridgehead atoms. The maximum absolute atomic E-state index is 13.0. The first-order valence-corrected chi connectivity index (χ1v) is 9.86. The Morgan fingerprint density at radius 2 is 2.00 bits per heavy atom. The molecule has 1 amide bonds. The van der Waals surface area contributed by atoms with Gasteiger partial charge in [0.05, 0.1) is 12.1 Å². The van der Waals surface area contributed by atoms with Crippen LogP contribution >= 0.6 is 0 Å². The summed E-state index contributed by atoms with van der Waals surface area (Å²) >= 11 is 0. The number of rotatable bonds is 6. The van der Waals surface area contributed by atoms with E-state index in [4.69, 9.17) is 0 Å². The molecular weight excluding hydrogens is 366 g/mol. The lowest BCUT2D eigenvalue weighted by molar-refractivity contribution is 0.0842. The number of aryl methyl sites for hydroxylation is 3. The second kappa shape index (κ2) is 7.72. The predicted molar refractivity (Wildman–Crippen MR) is 113 cm³/mol. The number of amides is 1. The number of benzene rings is 1. The van der Waals surface area contributed by atoms with Gasteiger partial charge in [-0.3, -0.25) is 9.59 Å². The van der Waals surface area contributed by atoms with E-state index >= 15 is 0 Å². The maximum atomic E-state index is 13.0. The van der Waals surface area contributed by atoms with Crippen molar-refractivity contribution in [3.05, 3.63) is 81.9 Å². The van der Waals surface area contributed by atoms with Crippen LogP contribution in [0.3, 0.4) is 0 Å². The molecule has 0 aliphatic heterocycles. The largest absolute Gasteiger partial charge is 0.394 e. The zero-order valence-corrected chi connectivity index (χ0v) is 16.4. The van der Waals surface area contributed by atoms with E-state index in [-0.39, 0.29) is 17.7 Å². The quantitative estimate of drug-likeness (QED) is 0.565. The van der Waals surface area contributed by atoms with Crippen LogP contribution in [0.4, 0.5) is 0 Å². The Kier molecular flexibility index (Phi) is 5.11. The lowest BCUT2D eigenvalue weighted by Gasteiger charge is -2.28. The van der Waals surface area contributed by atoms with Gasteiger partial charge < -0.3 is 20.0 Å². The molecule has 150 valence electrons. The fourth-order valence-electron chi connectivity index (χ4n) is 3.97. The van der Waals surface area contributed by atoms with Crippen LogP contribution in [-0.4, -0.2) is 32.7 Å². The first-order valence-electron chi connectivity index (χ1n) is 9.86. The smallest absolute Gasteiger partial charge is 0.263 e. The number of aromatic nitrogens is 2. The van der Waals surface area contributed by atoms with Crippen molar-refractivity contribution in [2.24, 2.45) is 0 Å². The Labute approximate surface area is 168 Å². The average molecular weight is 391 g/mol. The number of aromatic amines is 1. The molecule has 6 nitrogen and oxygen atoms in total. The number of nitrogens with one attached hydrogen (secondary N) is 2. The SMILES string of the molecule is Cc1ccn(CCc2c[nH]c3ccccc23)c(=O)c1C(=O)NC1(CO)CC=CC1. The number of pyridine rings is 1. The number of carbonyl (C=O) groups is 1. The molecule has 0 spiro atoms. The fourth-order valence-corrected chi connectivity index (χ4v) is 3.97. The van der Waals surface area contributed by atoms with Crippen molar-refractivity contribution >= 4 is 16.8 Å². The number of carbonyl (C=O) groups excluding carboxylic acids is 1. The topological polar surface area (TPSA) is 87.1 Å². The highest BCUT2D eigenvalue weighted by molar-refractivity contribution is 5.95. The molecule has 3 aromatic rings. The molecule has 0 fully saturated rings. The van der Waals surface area contributed by atoms with Gasteiger partial charge in [-0.2, -0.15) is 0 Å². The summed E-state index contributed by atoms with van der Waals surface area (Å²) in [6.07, 6.45) is 9.39. The zero-order chi connectivity index (χ0) is 20.4. The number of hydrogen-bond donors (Lipinski definition) is 3. The second-order valence-corrected chi connectivity index (χ2v) is 7.75. The van der Waals surface area contributed by atoms with Crippen LogP contribution in [-0.2, 0) is 13.0 Å². The molecule has 0 radical (unpaired) electrons. The molecule has 1 aliphatic carbocycles. The highest BCUT2D eigenvalue weighted by Gasteiger charge is 2.33. The monoisotopic (exact) mass is 391 g/mol. The molecule has 4 rings (SSSR count). The summed E-state index contributed by atoms with van der Waals surface area (Å²) in [4.78, 5) is 29.2. The van der Waals surface area contributed by atoms with Crippen LogP contribution < -0.4 is 10.9 Å². The number of hydrogen-bond acceptors (Lipinski definition) is 3. The number of fused-ring (bicyclic) bond motifs is 1. The van der Waals surface area contributed by atoms with Crippen LogP contribution in [0, 0.1) is 6.92 Å². The standard InChI is InChI=1S/C23H25N3O3/c1-16-8-12-26(13-9-17-14-24-19-7-3-2-6-18(17)19)22(29)20(16)21(28)25-23(15-27)10-4-5-11-23/h2-8,12,14,24,27H,9-11,13,15H2,1H3,(H,25,28). The van der Waals surface area contributed by atoms with Crippen LogP contribution in [0.2, 0.25) is 0 Å². The third kappa shape index (κ3) is 3.63. The summed E-state index contributed by atoms with van der Waals surface area (Å²) in [5, 5.41) is 13.8. The van der Waals surface area contributed by atoms with Crippen molar-refractivity contribution in [3.63, 3.8) is 0 Å². The molecule has 3 N–H and O–H groups in total. The van der Waals surface area contributed by atoms with Gasteiger partial charge in [0.1, 0.15) is 5.56 Å². The summed E-state index contributed by atoms with van der Waals surface area (Å²) in [5.74, 6) is -0.424. The van der Waals surface area contributed by atoms with Gasteiger partial charge in [-0.15, -0.1) is 0 Å². The molecule has 2 aromatic heterocycles. The van der Waals surface area contributed by atoms with E-state index in [1.54, 1.807) is 23.8 Å². The minimum absolute atomic E-state index is 0.145. The van der Waals surface area contributed by atoms with Crippen LogP contribution in [0.15, 0.2) is 59.7 Å². The van der Waals surface area contributed by atoms with Gasteiger partial charge in [0, 0.05) is 29.8 Å². The van der Waals surface area contributed by atoms with E-state index in [9.17, 15) is 14.7 Å². The van der Waals surface area contributed by atoms with Crippen LogP contribution in [0.25, 0.3) is 10.9 Å². The molecule has 1 aromatic carbocycles. The minimum Gasteiger partial charge on any atom is -0.394 e. The van der Waals surface area contributed by atoms with Gasteiger partial charge in [0.2, 0.25) is 0 Å². The zero-order valence-electron chi connectivity index (χ0n) is 16.4. The van der Waals surface area contributed by atoms with Crippen molar-refractivity contribution in [3.8, 4) is 0 Å². The summed E-state index contributed by atoms with van der Waals surface area (Å²) < 4.78 is 1.59. The average Bonchev–Trinajstić information content (AvgIpc) is 3.35. The molecule has 0 unspecified atom stereocenters. The van der Waals surface area contributed by atoms with Crippen molar-refractivity contribution in [2.45, 2.75) is 38.3 Å². The molecule has 1 aliphatic rings. The lowest BCUT2D eigenvalue weighted by Crippen LogP contribution is -2.51. The highest BCUT2D eigenvalue weighted by Crippen LogP contribution is 2.23. The van der Waals surface area contributed by atoms with E-state index in [0.29, 0.717) is 31.4 Å². The summed E-state index contributed by atoms with van der Waals surface area (Å²) in [5.41, 5.74) is 1.97. The Morgan fingerprint density at radius 1 is 1.24 bits per heavy atom.